The fourth-order valence-corrected chi connectivity index (χ4v) is 0.485. The maximum atomic E-state index is 10.9. The van der Waals surface area contributed by atoms with Gasteiger partial charge in [-0.3, -0.25) is 4.79 Å². The van der Waals surface area contributed by atoms with Crippen molar-refractivity contribution in [3.05, 3.63) is 11.6 Å². The molecule has 0 bridgehead atoms. The molecule has 1 amide bonds. The molecule has 0 fully saturated rings. The van der Waals surface area contributed by atoms with Gasteiger partial charge in [0.15, 0.2) is 0 Å². The SMILES string of the molecule is CNC(=O)/C=C(/C)C(C)(C)C. The van der Waals surface area contributed by atoms with Crippen molar-refractivity contribution in [1.82, 2.24) is 5.32 Å². The summed E-state index contributed by atoms with van der Waals surface area (Å²) in [6, 6.07) is 0. The Labute approximate surface area is 68.7 Å². The van der Waals surface area contributed by atoms with Crippen LogP contribution in [-0.4, -0.2) is 13.0 Å². The number of hydrogen-bond donors (Lipinski definition) is 1. The molecular formula is C9H17NO. The maximum absolute atomic E-state index is 10.9. The van der Waals surface area contributed by atoms with E-state index in [2.05, 4.69) is 26.1 Å². The first kappa shape index (κ1) is 10.2. The topological polar surface area (TPSA) is 29.1 Å². The lowest BCUT2D eigenvalue weighted by Crippen LogP contribution is -2.17. The molecule has 0 aromatic carbocycles. The van der Waals surface area contributed by atoms with E-state index in [0.29, 0.717) is 0 Å². The Bertz CT molecular complexity index is 174. The zero-order valence-electron chi connectivity index (χ0n) is 7.99. The molecule has 0 aliphatic heterocycles. The molecule has 0 rings (SSSR count). The Kier molecular flexibility index (Phi) is 3.30. The van der Waals surface area contributed by atoms with Gasteiger partial charge in [0, 0.05) is 13.1 Å². The molecule has 2 nitrogen and oxygen atoms in total. The minimum absolute atomic E-state index is 0.0302. The van der Waals surface area contributed by atoms with Crippen LogP contribution in [0.5, 0.6) is 0 Å². The normalized spacial score (nSPS) is 13.0. The molecule has 0 aromatic rings. The van der Waals surface area contributed by atoms with E-state index in [-0.39, 0.29) is 11.3 Å². The highest BCUT2D eigenvalue weighted by molar-refractivity contribution is 5.87. The molecule has 0 aromatic heterocycles. The van der Waals surface area contributed by atoms with Crippen LogP contribution >= 0.6 is 0 Å². The van der Waals surface area contributed by atoms with Crippen LogP contribution in [0.4, 0.5) is 0 Å². The van der Waals surface area contributed by atoms with Crippen LogP contribution in [0.1, 0.15) is 27.7 Å². The number of allylic oxidation sites excluding steroid dienone is 1. The van der Waals surface area contributed by atoms with E-state index >= 15 is 0 Å². The summed E-state index contributed by atoms with van der Waals surface area (Å²) in [5.74, 6) is -0.0302. The van der Waals surface area contributed by atoms with E-state index in [1.807, 2.05) is 6.92 Å². The molecular weight excluding hydrogens is 138 g/mol. The molecule has 0 unspecified atom stereocenters. The summed E-state index contributed by atoms with van der Waals surface area (Å²) in [6.45, 7) is 8.22. The second-order valence-electron chi connectivity index (χ2n) is 3.69. The molecule has 0 aliphatic carbocycles. The van der Waals surface area contributed by atoms with Crippen molar-refractivity contribution < 1.29 is 4.79 Å². The van der Waals surface area contributed by atoms with Crippen molar-refractivity contribution >= 4 is 5.91 Å². The number of hydrogen-bond acceptors (Lipinski definition) is 1. The van der Waals surface area contributed by atoms with Gasteiger partial charge in [0.2, 0.25) is 5.91 Å². The lowest BCUT2D eigenvalue weighted by atomic mass is 9.87. The quantitative estimate of drug-likeness (QED) is 0.574. The minimum Gasteiger partial charge on any atom is -0.356 e. The highest BCUT2D eigenvalue weighted by Gasteiger charge is 2.12. The van der Waals surface area contributed by atoms with Gasteiger partial charge >= 0.3 is 0 Å². The number of amides is 1. The standard InChI is InChI=1S/C9H17NO/c1-7(9(2,3)4)6-8(11)10-5/h6H,1-5H3,(H,10,11)/b7-6-. The highest BCUT2D eigenvalue weighted by Crippen LogP contribution is 2.23. The first-order valence-electron chi connectivity index (χ1n) is 3.78. The number of carbonyl (C=O) groups excluding carboxylic acids is 1. The molecule has 0 atom stereocenters. The third kappa shape index (κ3) is 3.81. The Balaban J connectivity index is 4.35. The molecule has 0 aliphatic rings. The second-order valence-corrected chi connectivity index (χ2v) is 3.69. The van der Waals surface area contributed by atoms with Gasteiger partial charge in [0.05, 0.1) is 0 Å². The van der Waals surface area contributed by atoms with Crippen molar-refractivity contribution in [1.29, 1.82) is 0 Å². The lowest BCUT2D eigenvalue weighted by Gasteiger charge is -2.18. The fraction of sp³-hybridized carbons (Fsp3) is 0.667. The minimum atomic E-state index is -0.0302. The molecule has 2 heteroatoms. The summed E-state index contributed by atoms with van der Waals surface area (Å²) in [5, 5.41) is 2.55. The molecule has 1 N–H and O–H groups in total. The van der Waals surface area contributed by atoms with E-state index in [1.54, 1.807) is 13.1 Å². The van der Waals surface area contributed by atoms with Crippen LogP contribution in [-0.2, 0) is 4.79 Å². The molecule has 11 heavy (non-hydrogen) atoms. The van der Waals surface area contributed by atoms with E-state index in [4.69, 9.17) is 0 Å². The number of rotatable bonds is 1. The third-order valence-electron chi connectivity index (χ3n) is 1.78. The number of nitrogens with one attached hydrogen (secondary N) is 1. The summed E-state index contributed by atoms with van der Waals surface area (Å²) in [4.78, 5) is 10.9. The van der Waals surface area contributed by atoms with Crippen molar-refractivity contribution in [2.75, 3.05) is 7.05 Å². The monoisotopic (exact) mass is 155 g/mol. The van der Waals surface area contributed by atoms with E-state index in [1.165, 1.54) is 0 Å². The van der Waals surface area contributed by atoms with Crippen molar-refractivity contribution in [3.63, 3.8) is 0 Å². The summed E-state index contributed by atoms with van der Waals surface area (Å²) in [6.07, 6.45) is 1.64. The van der Waals surface area contributed by atoms with Crippen molar-refractivity contribution in [2.45, 2.75) is 27.7 Å². The van der Waals surface area contributed by atoms with E-state index in [0.717, 1.165) is 5.57 Å². The first-order chi connectivity index (χ1) is 4.88. The van der Waals surface area contributed by atoms with E-state index in [9.17, 15) is 4.79 Å². The third-order valence-corrected chi connectivity index (χ3v) is 1.78. The average Bonchev–Trinajstić information content (AvgIpc) is 1.85. The van der Waals surface area contributed by atoms with Crippen LogP contribution in [0.2, 0.25) is 0 Å². The number of carbonyl (C=O) groups is 1. The average molecular weight is 155 g/mol. The zero-order valence-corrected chi connectivity index (χ0v) is 7.99. The molecule has 64 valence electrons. The van der Waals surface area contributed by atoms with Gasteiger partial charge < -0.3 is 5.32 Å². The van der Waals surface area contributed by atoms with Crippen LogP contribution in [0.3, 0.4) is 0 Å². The zero-order chi connectivity index (χ0) is 9.07. The van der Waals surface area contributed by atoms with Crippen LogP contribution < -0.4 is 5.32 Å². The van der Waals surface area contributed by atoms with Gasteiger partial charge in [0.1, 0.15) is 0 Å². The Morgan fingerprint density at radius 1 is 1.36 bits per heavy atom. The summed E-state index contributed by atoms with van der Waals surface area (Å²) >= 11 is 0. The van der Waals surface area contributed by atoms with Gasteiger partial charge in [-0.05, 0) is 12.3 Å². The van der Waals surface area contributed by atoms with Crippen molar-refractivity contribution in [3.8, 4) is 0 Å². The Morgan fingerprint density at radius 2 is 1.82 bits per heavy atom. The van der Waals surface area contributed by atoms with Crippen LogP contribution in [0.15, 0.2) is 11.6 Å². The predicted molar refractivity (Wildman–Crippen MR) is 47.3 cm³/mol. The molecule has 0 saturated heterocycles. The lowest BCUT2D eigenvalue weighted by molar-refractivity contribution is -0.116. The van der Waals surface area contributed by atoms with Gasteiger partial charge in [0.25, 0.3) is 0 Å². The molecule has 0 spiro atoms. The molecule has 0 saturated carbocycles. The van der Waals surface area contributed by atoms with Gasteiger partial charge in [-0.2, -0.15) is 0 Å². The molecule has 0 radical (unpaired) electrons. The summed E-state index contributed by atoms with van der Waals surface area (Å²) in [7, 11) is 1.63. The predicted octanol–water partition coefficient (Wildman–Crippen LogP) is 1.72. The largest absolute Gasteiger partial charge is 0.356 e. The summed E-state index contributed by atoms with van der Waals surface area (Å²) in [5.41, 5.74) is 1.18. The first-order valence-corrected chi connectivity index (χ1v) is 3.78. The number of likely N-dealkylation sites (N-methyl/N-ethyl adjacent to an activating group) is 1. The Morgan fingerprint density at radius 3 is 2.09 bits per heavy atom. The Hall–Kier alpha value is -0.790. The van der Waals surface area contributed by atoms with Gasteiger partial charge in [-0.25, -0.2) is 0 Å². The van der Waals surface area contributed by atoms with Crippen LogP contribution in [0.25, 0.3) is 0 Å². The van der Waals surface area contributed by atoms with Gasteiger partial charge in [-0.15, -0.1) is 0 Å². The maximum Gasteiger partial charge on any atom is 0.243 e. The van der Waals surface area contributed by atoms with E-state index < -0.39 is 0 Å². The highest BCUT2D eigenvalue weighted by atomic mass is 16.1. The molecule has 0 heterocycles. The second kappa shape index (κ2) is 3.56. The summed E-state index contributed by atoms with van der Waals surface area (Å²) < 4.78 is 0. The smallest absolute Gasteiger partial charge is 0.243 e. The van der Waals surface area contributed by atoms with Gasteiger partial charge in [-0.1, -0.05) is 26.3 Å². The fourth-order valence-electron chi connectivity index (χ4n) is 0.485. The van der Waals surface area contributed by atoms with Crippen LogP contribution in [0, 0.1) is 5.41 Å². The van der Waals surface area contributed by atoms with Crippen molar-refractivity contribution in [2.24, 2.45) is 5.41 Å².